The van der Waals surface area contributed by atoms with E-state index in [1.807, 2.05) is 17.0 Å². The molecule has 0 saturated carbocycles. The van der Waals surface area contributed by atoms with Gasteiger partial charge in [0.15, 0.2) is 0 Å². The first-order chi connectivity index (χ1) is 14.6. The average Bonchev–Trinajstić information content (AvgIpc) is 2.77. The number of hydrogen-bond donors (Lipinski definition) is 2. The van der Waals surface area contributed by atoms with E-state index < -0.39 is 0 Å². The van der Waals surface area contributed by atoms with Crippen LogP contribution in [0.4, 0.5) is 19.3 Å². The van der Waals surface area contributed by atoms with Gasteiger partial charge in [0.25, 0.3) is 0 Å². The molecule has 3 aromatic rings. The Morgan fingerprint density at radius 2 is 1.30 bits per heavy atom. The van der Waals surface area contributed by atoms with Crippen LogP contribution >= 0.6 is 0 Å². The van der Waals surface area contributed by atoms with Crippen molar-refractivity contribution in [3.63, 3.8) is 0 Å². The summed E-state index contributed by atoms with van der Waals surface area (Å²) < 4.78 is 26.2. The smallest absolute Gasteiger partial charge is 0.315 e. The topological polar surface area (TPSA) is 44.4 Å². The molecule has 2 heterocycles. The number of carbonyl (C=O) groups is 1. The van der Waals surface area contributed by atoms with Crippen molar-refractivity contribution in [3.05, 3.63) is 90.0 Å². The number of urea groups is 1. The largest absolute Gasteiger partial charge is 0.322 e. The van der Waals surface area contributed by atoms with Crippen molar-refractivity contribution in [1.29, 1.82) is 0 Å². The number of nitrogens with zero attached hydrogens (tertiary/aromatic N) is 1. The van der Waals surface area contributed by atoms with Crippen molar-refractivity contribution in [1.82, 2.24) is 10.2 Å². The van der Waals surface area contributed by atoms with Gasteiger partial charge in [-0.05, 0) is 53.1 Å². The van der Waals surface area contributed by atoms with Crippen LogP contribution in [-0.2, 0) is 0 Å². The van der Waals surface area contributed by atoms with Crippen LogP contribution in [0.2, 0.25) is 0 Å². The van der Waals surface area contributed by atoms with Crippen LogP contribution in [0.1, 0.15) is 11.5 Å². The van der Waals surface area contributed by atoms with Gasteiger partial charge in [-0.15, -0.1) is 0 Å². The highest BCUT2D eigenvalue weighted by atomic mass is 19.1. The predicted octanol–water partition coefficient (Wildman–Crippen LogP) is 4.60. The summed E-state index contributed by atoms with van der Waals surface area (Å²) in [7, 11) is 0. The quantitative estimate of drug-likeness (QED) is 0.669. The molecule has 3 aromatic carbocycles. The molecule has 0 aliphatic carbocycles. The number of hydrogen-bond acceptors (Lipinski definition) is 2. The molecule has 2 fully saturated rings. The fraction of sp³-hybridized carbons (Fsp3) is 0.208. The Morgan fingerprint density at radius 3 is 1.87 bits per heavy atom. The van der Waals surface area contributed by atoms with Crippen LogP contribution in [0.25, 0.3) is 11.1 Å². The number of fused-ring (bicyclic) bond motifs is 2. The van der Waals surface area contributed by atoms with E-state index in [2.05, 4.69) is 22.8 Å². The zero-order valence-electron chi connectivity index (χ0n) is 16.2. The molecule has 0 radical (unpaired) electrons. The third-order valence-corrected chi connectivity index (χ3v) is 6.05. The zero-order valence-corrected chi connectivity index (χ0v) is 16.2. The number of halogens is 2. The lowest BCUT2D eigenvalue weighted by Crippen LogP contribution is -2.74. The Bertz CT molecular complexity index is 1040. The molecule has 2 amide bonds. The summed E-state index contributed by atoms with van der Waals surface area (Å²) in [5.74, 6) is -0.307. The number of benzene rings is 3. The number of rotatable bonds is 3. The Hall–Kier alpha value is -3.25. The molecular weight excluding hydrogens is 384 g/mol. The van der Waals surface area contributed by atoms with Gasteiger partial charge in [-0.3, -0.25) is 0 Å². The van der Waals surface area contributed by atoms with Crippen molar-refractivity contribution in [2.75, 3.05) is 18.4 Å². The van der Waals surface area contributed by atoms with Gasteiger partial charge in [0, 0.05) is 24.7 Å². The molecule has 152 valence electrons. The minimum atomic E-state index is -0.331. The molecule has 0 aromatic heterocycles. The SMILES string of the molecule is O=C(Nc1ccc(F)cc1)N1[C@@H]2CNC[C@H]1C2c1ccc(-c2ccc(F)cc2)cc1. The van der Waals surface area contributed by atoms with Crippen molar-refractivity contribution < 1.29 is 13.6 Å². The number of piperazine rings is 1. The van der Waals surface area contributed by atoms with E-state index in [9.17, 15) is 13.6 Å². The molecule has 0 spiro atoms. The normalized spacial score (nSPS) is 22.3. The maximum absolute atomic E-state index is 13.2. The molecule has 5 rings (SSSR count). The molecule has 2 aliphatic rings. The van der Waals surface area contributed by atoms with Crippen LogP contribution < -0.4 is 10.6 Å². The summed E-state index contributed by atoms with van der Waals surface area (Å²) >= 11 is 0. The number of nitrogens with one attached hydrogen (secondary N) is 2. The Morgan fingerprint density at radius 1 is 0.800 bits per heavy atom. The van der Waals surface area contributed by atoms with Crippen LogP contribution in [0.5, 0.6) is 0 Å². The molecule has 1 unspecified atom stereocenters. The first kappa shape index (κ1) is 18.8. The summed E-state index contributed by atoms with van der Waals surface area (Å²) in [5, 5.41) is 6.24. The molecule has 3 atom stereocenters. The lowest BCUT2D eigenvalue weighted by molar-refractivity contribution is 0.00202. The first-order valence-corrected chi connectivity index (χ1v) is 10.0. The summed E-state index contributed by atoms with van der Waals surface area (Å²) in [6.45, 7) is 1.47. The maximum Gasteiger partial charge on any atom is 0.322 e. The minimum Gasteiger partial charge on any atom is -0.315 e. The molecule has 2 aliphatic heterocycles. The fourth-order valence-electron chi connectivity index (χ4n) is 4.58. The molecule has 2 N–H and O–H groups in total. The molecule has 4 nitrogen and oxygen atoms in total. The van der Waals surface area contributed by atoms with E-state index in [0.717, 1.165) is 24.2 Å². The van der Waals surface area contributed by atoms with Gasteiger partial charge in [-0.25, -0.2) is 13.6 Å². The second-order valence-electron chi connectivity index (χ2n) is 7.79. The monoisotopic (exact) mass is 405 g/mol. The van der Waals surface area contributed by atoms with Crippen molar-refractivity contribution in [2.24, 2.45) is 0 Å². The third-order valence-electron chi connectivity index (χ3n) is 6.05. The Labute approximate surface area is 173 Å². The Kier molecular flexibility index (Phi) is 4.71. The number of amides is 2. The third kappa shape index (κ3) is 3.33. The van der Waals surface area contributed by atoms with Crippen LogP contribution in [0.3, 0.4) is 0 Å². The van der Waals surface area contributed by atoms with Gasteiger partial charge < -0.3 is 15.5 Å². The molecule has 6 heteroatoms. The van der Waals surface area contributed by atoms with Gasteiger partial charge >= 0.3 is 6.03 Å². The summed E-state index contributed by atoms with van der Waals surface area (Å²) in [4.78, 5) is 14.7. The van der Waals surface area contributed by atoms with E-state index in [-0.39, 0.29) is 35.7 Å². The van der Waals surface area contributed by atoms with E-state index in [1.165, 1.54) is 29.8 Å². The number of piperidine rings is 1. The maximum atomic E-state index is 13.2. The van der Waals surface area contributed by atoms with Gasteiger partial charge in [-0.2, -0.15) is 0 Å². The summed E-state index contributed by atoms with van der Waals surface area (Å²) in [6.07, 6.45) is 0. The van der Waals surface area contributed by atoms with E-state index >= 15 is 0 Å². The highest BCUT2D eigenvalue weighted by Gasteiger charge is 2.53. The van der Waals surface area contributed by atoms with Crippen molar-refractivity contribution in [3.8, 4) is 11.1 Å². The van der Waals surface area contributed by atoms with E-state index in [0.29, 0.717) is 5.69 Å². The molecular formula is C24H21F2N3O. The Balaban J connectivity index is 1.31. The summed E-state index contributed by atoms with van der Waals surface area (Å²) in [5.41, 5.74) is 3.79. The average molecular weight is 405 g/mol. The van der Waals surface area contributed by atoms with Crippen LogP contribution in [0, 0.1) is 11.6 Å². The van der Waals surface area contributed by atoms with Gasteiger partial charge in [0.1, 0.15) is 11.6 Å². The second kappa shape index (κ2) is 7.54. The fourth-order valence-corrected chi connectivity index (χ4v) is 4.58. The lowest BCUT2D eigenvalue weighted by atomic mass is 9.72. The lowest BCUT2D eigenvalue weighted by Gasteiger charge is -2.59. The highest BCUT2D eigenvalue weighted by Crippen LogP contribution is 2.43. The number of carbonyl (C=O) groups excluding carboxylic acids is 1. The first-order valence-electron chi connectivity index (χ1n) is 10.0. The highest BCUT2D eigenvalue weighted by molar-refractivity contribution is 5.91. The van der Waals surface area contributed by atoms with Crippen LogP contribution in [-0.4, -0.2) is 36.1 Å². The summed E-state index contributed by atoms with van der Waals surface area (Å²) in [6, 6.07) is 20.5. The number of anilines is 1. The molecule has 30 heavy (non-hydrogen) atoms. The zero-order chi connectivity index (χ0) is 20.7. The predicted molar refractivity (Wildman–Crippen MR) is 112 cm³/mol. The molecule has 2 saturated heterocycles. The minimum absolute atomic E-state index is 0.0702. The molecule has 2 bridgehead atoms. The second-order valence-corrected chi connectivity index (χ2v) is 7.79. The van der Waals surface area contributed by atoms with Crippen molar-refractivity contribution in [2.45, 2.75) is 18.0 Å². The van der Waals surface area contributed by atoms with E-state index in [1.54, 1.807) is 24.3 Å². The van der Waals surface area contributed by atoms with Crippen LogP contribution in [0.15, 0.2) is 72.8 Å². The van der Waals surface area contributed by atoms with Gasteiger partial charge in [0.05, 0.1) is 12.1 Å². The van der Waals surface area contributed by atoms with Gasteiger partial charge in [0.2, 0.25) is 0 Å². The van der Waals surface area contributed by atoms with E-state index in [4.69, 9.17) is 0 Å². The van der Waals surface area contributed by atoms with Gasteiger partial charge in [-0.1, -0.05) is 36.4 Å². The van der Waals surface area contributed by atoms with Crippen molar-refractivity contribution >= 4 is 11.7 Å². The standard InChI is InChI=1S/C24H21F2N3O/c25-18-7-5-16(6-8-18)15-1-3-17(4-2-15)23-21-13-27-14-22(23)29(21)24(30)28-20-11-9-19(26)10-12-20/h1-12,21-23,27H,13-14H2,(H,28,30)/t21-,22+,23?.